The summed E-state index contributed by atoms with van der Waals surface area (Å²) in [5.74, 6) is -0.369. The van der Waals surface area contributed by atoms with Crippen LogP contribution in [-0.2, 0) is 10.0 Å². The van der Waals surface area contributed by atoms with Gasteiger partial charge in [-0.05, 0) is 48.5 Å². The third kappa shape index (κ3) is 5.91. The predicted molar refractivity (Wildman–Crippen MR) is 118 cm³/mol. The Kier molecular flexibility index (Phi) is 8.14. The molecule has 0 aliphatic rings. The van der Waals surface area contributed by atoms with E-state index >= 15 is 0 Å². The second kappa shape index (κ2) is 10.6. The van der Waals surface area contributed by atoms with E-state index in [0.717, 1.165) is 0 Å². The van der Waals surface area contributed by atoms with Crippen LogP contribution in [0.25, 0.3) is 0 Å². The van der Waals surface area contributed by atoms with Crippen LogP contribution < -0.4 is 16.0 Å². The van der Waals surface area contributed by atoms with Gasteiger partial charge in [0.2, 0.25) is 10.0 Å². The van der Waals surface area contributed by atoms with E-state index in [2.05, 4.69) is 22.5 Å². The lowest BCUT2D eigenvalue weighted by Gasteiger charge is -2.18. The third-order valence-corrected chi connectivity index (χ3v) is 6.33. The Balaban J connectivity index is 2.02. The SMILES string of the molecule is C=CCNC(=O)Nc1ccc(NC(=O)c2ccc(S(=O)(=O)N(CC)CC)cc2)cc1. The molecule has 0 heterocycles. The highest BCUT2D eigenvalue weighted by atomic mass is 32.2. The zero-order valence-electron chi connectivity index (χ0n) is 17.0. The lowest BCUT2D eigenvalue weighted by Crippen LogP contribution is -2.30. The number of rotatable bonds is 9. The molecule has 2 rings (SSSR count). The molecular formula is C21H26N4O4S. The molecule has 30 heavy (non-hydrogen) atoms. The fourth-order valence-electron chi connectivity index (χ4n) is 2.67. The molecule has 2 aromatic rings. The largest absolute Gasteiger partial charge is 0.334 e. The minimum Gasteiger partial charge on any atom is -0.334 e. The second-order valence-electron chi connectivity index (χ2n) is 6.27. The van der Waals surface area contributed by atoms with Crippen LogP contribution in [0.5, 0.6) is 0 Å². The topological polar surface area (TPSA) is 108 Å². The maximum absolute atomic E-state index is 12.5. The number of sulfonamides is 1. The van der Waals surface area contributed by atoms with Crippen molar-refractivity contribution in [1.82, 2.24) is 9.62 Å². The molecule has 0 atom stereocenters. The molecule has 0 unspecified atom stereocenters. The Morgan fingerprint density at radius 1 is 0.933 bits per heavy atom. The van der Waals surface area contributed by atoms with Crippen molar-refractivity contribution in [1.29, 1.82) is 0 Å². The number of carbonyl (C=O) groups excluding carboxylic acids is 2. The smallest absolute Gasteiger partial charge is 0.319 e. The summed E-state index contributed by atoms with van der Waals surface area (Å²) in [7, 11) is -3.57. The van der Waals surface area contributed by atoms with Gasteiger partial charge in [-0.3, -0.25) is 4.79 Å². The van der Waals surface area contributed by atoms with Gasteiger partial charge in [-0.15, -0.1) is 6.58 Å². The van der Waals surface area contributed by atoms with Crippen LogP contribution >= 0.6 is 0 Å². The molecule has 0 saturated heterocycles. The highest BCUT2D eigenvalue weighted by Crippen LogP contribution is 2.18. The molecule has 160 valence electrons. The summed E-state index contributed by atoms with van der Waals surface area (Å²) in [6.07, 6.45) is 1.57. The van der Waals surface area contributed by atoms with Gasteiger partial charge in [-0.2, -0.15) is 4.31 Å². The van der Waals surface area contributed by atoms with E-state index in [1.165, 1.54) is 28.6 Å². The van der Waals surface area contributed by atoms with E-state index in [1.54, 1.807) is 44.2 Å². The van der Waals surface area contributed by atoms with Crippen molar-refractivity contribution in [3.63, 3.8) is 0 Å². The van der Waals surface area contributed by atoms with Gasteiger partial charge in [0.1, 0.15) is 0 Å². The molecule has 2 aromatic carbocycles. The summed E-state index contributed by atoms with van der Waals surface area (Å²) < 4.78 is 26.4. The molecule has 0 spiro atoms. The maximum atomic E-state index is 12.5. The van der Waals surface area contributed by atoms with E-state index in [1.807, 2.05) is 0 Å². The minimum absolute atomic E-state index is 0.146. The van der Waals surface area contributed by atoms with Crippen molar-refractivity contribution >= 4 is 33.3 Å². The first-order valence-corrected chi connectivity index (χ1v) is 10.9. The van der Waals surface area contributed by atoms with Gasteiger partial charge in [0.15, 0.2) is 0 Å². The van der Waals surface area contributed by atoms with E-state index < -0.39 is 10.0 Å². The standard InChI is InChI=1S/C21H26N4O4S/c1-4-15-22-21(27)24-18-11-9-17(10-12-18)23-20(26)16-7-13-19(14-8-16)30(28,29)25(5-2)6-3/h4,7-14H,1,5-6,15H2,2-3H3,(H,23,26)(H2,22,24,27). The summed E-state index contributed by atoms with van der Waals surface area (Å²) in [4.78, 5) is 24.2. The zero-order valence-corrected chi connectivity index (χ0v) is 17.8. The van der Waals surface area contributed by atoms with Gasteiger partial charge in [0, 0.05) is 36.6 Å². The van der Waals surface area contributed by atoms with Crippen LogP contribution in [0.2, 0.25) is 0 Å². The molecule has 0 aliphatic heterocycles. The van der Waals surface area contributed by atoms with E-state index in [4.69, 9.17) is 0 Å². The first-order chi connectivity index (χ1) is 14.3. The van der Waals surface area contributed by atoms with Gasteiger partial charge in [0.05, 0.1) is 4.90 Å². The molecule has 0 fully saturated rings. The Morgan fingerprint density at radius 2 is 1.47 bits per heavy atom. The van der Waals surface area contributed by atoms with Gasteiger partial charge in [-0.25, -0.2) is 13.2 Å². The number of hydrogen-bond donors (Lipinski definition) is 3. The van der Waals surface area contributed by atoms with Gasteiger partial charge >= 0.3 is 6.03 Å². The van der Waals surface area contributed by atoms with Crippen LogP contribution in [0.4, 0.5) is 16.2 Å². The fourth-order valence-corrected chi connectivity index (χ4v) is 4.13. The fraction of sp³-hybridized carbons (Fsp3) is 0.238. The summed E-state index contributed by atoms with van der Waals surface area (Å²) in [5.41, 5.74) is 1.44. The van der Waals surface area contributed by atoms with Crippen LogP contribution in [-0.4, -0.2) is 44.3 Å². The molecule has 9 heteroatoms. The summed E-state index contributed by atoms with van der Waals surface area (Å²) in [6, 6.07) is 12.1. The van der Waals surface area contributed by atoms with Crippen molar-refractivity contribution in [3.8, 4) is 0 Å². The number of hydrogen-bond acceptors (Lipinski definition) is 4. The Bertz CT molecular complexity index is 983. The van der Waals surface area contributed by atoms with Gasteiger partial charge in [0.25, 0.3) is 5.91 Å². The first-order valence-electron chi connectivity index (χ1n) is 9.49. The molecule has 3 N–H and O–H groups in total. The Labute approximate surface area is 177 Å². The highest BCUT2D eigenvalue weighted by Gasteiger charge is 2.21. The number of carbonyl (C=O) groups is 2. The van der Waals surface area contributed by atoms with Crippen molar-refractivity contribution in [2.75, 3.05) is 30.3 Å². The zero-order chi connectivity index (χ0) is 22.1. The van der Waals surface area contributed by atoms with Crippen LogP contribution in [0, 0.1) is 0 Å². The normalized spacial score (nSPS) is 11.0. The second-order valence-corrected chi connectivity index (χ2v) is 8.21. The van der Waals surface area contributed by atoms with Crippen LogP contribution in [0.15, 0.2) is 66.1 Å². The molecule has 3 amide bonds. The third-order valence-electron chi connectivity index (χ3n) is 4.27. The van der Waals surface area contributed by atoms with Crippen molar-refractivity contribution in [2.24, 2.45) is 0 Å². The van der Waals surface area contributed by atoms with Crippen LogP contribution in [0.1, 0.15) is 24.2 Å². The molecule has 0 saturated carbocycles. The quantitative estimate of drug-likeness (QED) is 0.531. The molecule has 0 aliphatic carbocycles. The monoisotopic (exact) mass is 430 g/mol. The summed E-state index contributed by atoms with van der Waals surface area (Å²) >= 11 is 0. The number of nitrogens with zero attached hydrogens (tertiary/aromatic N) is 1. The number of amides is 3. The van der Waals surface area contributed by atoms with Gasteiger partial charge in [-0.1, -0.05) is 19.9 Å². The van der Waals surface area contributed by atoms with Crippen molar-refractivity contribution in [2.45, 2.75) is 18.7 Å². The van der Waals surface area contributed by atoms with Gasteiger partial charge < -0.3 is 16.0 Å². The molecule has 0 radical (unpaired) electrons. The lowest BCUT2D eigenvalue weighted by molar-refractivity contribution is 0.102. The Morgan fingerprint density at radius 3 is 1.97 bits per heavy atom. The number of nitrogens with one attached hydrogen (secondary N) is 3. The predicted octanol–water partition coefficient (Wildman–Crippen LogP) is 3.28. The van der Waals surface area contributed by atoms with Crippen LogP contribution in [0.3, 0.4) is 0 Å². The van der Waals surface area contributed by atoms with Crippen molar-refractivity contribution < 1.29 is 18.0 Å². The van der Waals surface area contributed by atoms with E-state index in [0.29, 0.717) is 36.6 Å². The first kappa shape index (κ1) is 23.1. The molecule has 8 nitrogen and oxygen atoms in total. The minimum atomic E-state index is -3.57. The highest BCUT2D eigenvalue weighted by molar-refractivity contribution is 7.89. The van der Waals surface area contributed by atoms with E-state index in [-0.39, 0.29) is 16.8 Å². The Hall–Kier alpha value is -3.17. The summed E-state index contributed by atoms with van der Waals surface area (Å²) in [6.45, 7) is 8.18. The lowest BCUT2D eigenvalue weighted by atomic mass is 10.2. The molecule has 0 aromatic heterocycles. The number of anilines is 2. The molecule has 0 bridgehead atoms. The molecular weight excluding hydrogens is 404 g/mol. The average molecular weight is 431 g/mol. The van der Waals surface area contributed by atoms with E-state index in [9.17, 15) is 18.0 Å². The average Bonchev–Trinajstić information content (AvgIpc) is 2.74. The number of benzene rings is 2. The number of urea groups is 1. The van der Waals surface area contributed by atoms with Crippen molar-refractivity contribution in [3.05, 3.63) is 66.7 Å². The maximum Gasteiger partial charge on any atom is 0.319 e. The summed E-state index contributed by atoms with van der Waals surface area (Å²) in [5, 5.41) is 7.99.